The van der Waals surface area contributed by atoms with Crippen molar-refractivity contribution < 1.29 is 9.59 Å². The number of rotatable bonds is 8. The molecule has 2 fully saturated rings. The van der Waals surface area contributed by atoms with Crippen LogP contribution in [0.15, 0.2) is 60.7 Å². The molecule has 2 aromatic rings. The van der Waals surface area contributed by atoms with Crippen molar-refractivity contribution in [2.45, 2.75) is 0 Å². The average Bonchev–Trinajstić information content (AvgIpc) is 3.50. The lowest BCUT2D eigenvalue weighted by molar-refractivity contribution is -0.106. The topological polar surface area (TPSA) is 34.1 Å². The lowest BCUT2D eigenvalue weighted by Crippen LogP contribution is -2.01. The first-order valence-corrected chi connectivity index (χ1v) is 10.4. The van der Waals surface area contributed by atoms with Gasteiger partial charge in [0.2, 0.25) is 0 Å². The molecule has 4 rings (SSSR count). The molecule has 0 aliphatic heterocycles. The average molecular weight is 415 g/mol. The van der Waals surface area contributed by atoms with Crippen molar-refractivity contribution in [3.63, 3.8) is 0 Å². The van der Waals surface area contributed by atoms with Crippen molar-refractivity contribution in [1.29, 1.82) is 0 Å². The van der Waals surface area contributed by atoms with Crippen molar-refractivity contribution in [2.75, 3.05) is 0 Å². The third kappa shape index (κ3) is 5.82. The highest BCUT2D eigenvalue weighted by molar-refractivity contribution is 5.84. The van der Waals surface area contributed by atoms with E-state index in [4.69, 9.17) is 0 Å². The van der Waals surface area contributed by atoms with Gasteiger partial charge < -0.3 is 9.59 Å². The zero-order valence-electron chi connectivity index (χ0n) is 17.5. The van der Waals surface area contributed by atoms with E-state index < -0.39 is 0 Å². The maximum atomic E-state index is 11.0. The number of benzene rings is 2. The molecule has 0 unspecified atom stereocenters. The molecule has 2 aliphatic rings. The van der Waals surface area contributed by atoms with Gasteiger partial charge >= 0.3 is 0 Å². The Balaban J connectivity index is 1.32. The van der Waals surface area contributed by atoms with E-state index >= 15 is 0 Å². The number of carbonyl (C=O) groups excluding carboxylic acids is 2. The molecular formula is C30H22O2. The summed E-state index contributed by atoms with van der Waals surface area (Å²) in [5.74, 6) is 3.28. The molecule has 0 saturated heterocycles. The minimum absolute atomic E-state index is 0.707. The first-order chi connectivity index (χ1) is 15.7. The fourth-order valence-electron chi connectivity index (χ4n) is 3.41. The van der Waals surface area contributed by atoms with Crippen molar-refractivity contribution >= 4 is 36.9 Å². The Hall–Kier alpha value is -3.00. The molecule has 2 nitrogen and oxygen atoms in total. The quantitative estimate of drug-likeness (QED) is 0.402. The lowest BCUT2D eigenvalue weighted by Gasteiger charge is -2.06. The van der Waals surface area contributed by atoms with Gasteiger partial charge in [-0.05, 0) is 60.8 Å². The maximum absolute atomic E-state index is 11.0. The molecule has 0 spiro atoms. The van der Waals surface area contributed by atoms with Crippen LogP contribution in [0.2, 0.25) is 0 Å². The number of allylic oxidation sites excluding steroid dienone is 2. The summed E-state index contributed by atoms with van der Waals surface area (Å²) < 4.78 is 0. The smallest absolute Gasteiger partial charge is 0.128 e. The zero-order valence-corrected chi connectivity index (χ0v) is 17.5. The van der Waals surface area contributed by atoms with Gasteiger partial charge in [-0.1, -0.05) is 85.0 Å². The van der Waals surface area contributed by atoms with Crippen LogP contribution in [0.25, 0.3) is 24.3 Å². The summed E-state index contributed by atoms with van der Waals surface area (Å²) >= 11 is 0. The first kappa shape index (κ1) is 22.2. The van der Waals surface area contributed by atoms with Gasteiger partial charge in [0.15, 0.2) is 0 Å². The second-order valence-electron chi connectivity index (χ2n) is 7.44. The minimum Gasteiger partial charge on any atom is -0.303 e. The monoisotopic (exact) mass is 414 g/mol. The molecular weight excluding hydrogens is 392 g/mol. The molecule has 0 aromatic heterocycles. The van der Waals surface area contributed by atoms with Crippen molar-refractivity contribution in [3.8, 4) is 0 Å². The Kier molecular flexibility index (Phi) is 7.66. The molecule has 2 heteroatoms. The SMILES string of the molecule is O=C[C]1[CH][CH][CH][C]1/C=C/c1ccc(/C=C/c2ccc(/C=C/[C]3[CH][CH][CH][C]3C=O)cc2)cc1. The standard InChI is InChI=1S/C30H22O2/c31-21-29-5-1-3-27(29)19-17-25-13-9-23(10-14-25)7-8-24-11-15-26(16-12-24)18-20-28-4-2-6-30(28)22-32/h1-22H/b8-7+,19-17+,20-18+. The van der Waals surface area contributed by atoms with Crippen LogP contribution in [0.4, 0.5) is 0 Å². The summed E-state index contributed by atoms with van der Waals surface area (Å²) in [7, 11) is 0. The Bertz CT molecular complexity index is 897. The first-order valence-electron chi connectivity index (χ1n) is 10.4. The molecule has 2 saturated carbocycles. The van der Waals surface area contributed by atoms with Crippen LogP contribution in [0.3, 0.4) is 0 Å². The van der Waals surface area contributed by atoms with Crippen LogP contribution in [0.1, 0.15) is 22.3 Å². The van der Waals surface area contributed by atoms with Gasteiger partial charge in [-0.3, -0.25) is 0 Å². The molecule has 0 atom stereocenters. The number of aldehydes is 2. The summed E-state index contributed by atoms with van der Waals surface area (Å²) in [5, 5.41) is 0. The van der Waals surface area contributed by atoms with E-state index in [1.807, 2.05) is 62.8 Å². The summed E-state index contributed by atoms with van der Waals surface area (Å²) in [6.07, 6.45) is 25.1. The lowest BCUT2D eigenvalue weighted by atomic mass is 9.96. The van der Waals surface area contributed by atoms with Crippen LogP contribution in [-0.2, 0) is 9.59 Å². The highest BCUT2D eigenvalue weighted by Gasteiger charge is 2.27. The van der Waals surface area contributed by atoms with Gasteiger partial charge in [-0.2, -0.15) is 0 Å². The van der Waals surface area contributed by atoms with E-state index in [1.165, 1.54) is 0 Å². The molecule has 0 heterocycles. The van der Waals surface area contributed by atoms with Crippen LogP contribution >= 0.6 is 0 Å². The van der Waals surface area contributed by atoms with Gasteiger partial charge in [0, 0.05) is 11.8 Å². The van der Waals surface area contributed by atoms with Gasteiger partial charge in [0.05, 0.1) is 11.8 Å². The van der Waals surface area contributed by atoms with E-state index in [0.717, 1.165) is 46.7 Å². The largest absolute Gasteiger partial charge is 0.303 e. The second-order valence-corrected chi connectivity index (χ2v) is 7.44. The van der Waals surface area contributed by atoms with Crippen LogP contribution in [0, 0.1) is 62.2 Å². The highest BCUT2D eigenvalue weighted by Crippen LogP contribution is 2.33. The molecule has 0 amide bonds. The van der Waals surface area contributed by atoms with E-state index in [9.17, 15) is 9.59 Å². The zero-order chi connectivity index (χ0) is 22.2. The Labute approximate surface area is 191 Å². The maximum Gasteiger partial charge on any atom is 0.128 e. The van der Waals surface area contributed by atoms with Gasteiger partial charge in [0.1, 0.15) is 12.6 Å². The Morgan fingerprint density at radius 3 is 0.969 bits per heavy atom. The number of hydrogen-bond donors (Lipinski definition) is 0. The fraction of sp³-hybridized carbons (Fsp3) is 0. The second kappa shape index (κ2) is 11.0. The summed E-state index contributed by atoms with van der Waals surface area (Å²) in [6.45, 7) is 0. The Morgan fingerprint density at radius 2 is 0.656 bits per heavy atom. The fourth-order valence-corrected chi connectivity index (χ4v) is 3.41. The summed E-state index contributed by atoms with van der Waals surface area (Å²) in [6, 6.07) is 16.5. The van der Waals surface area contributed by atoms with Gasteiger partial charge in [-0.15, -0.1) is 0 Å². The third-order valence-electron chi connectivity index (χ3n) is 5.28. The van der Waals surface area contributed by atoms with Crippen LogP contribution in [0.5, 0.6) is 0 Å². The van der Waals surface area contributed by atoms with E-state index in [1.54, 1.807) is 0 Å². The molecule has 154 valence electrons. The van der Waals surface area contributed by atoms with E-state index in [0.29, 0.717) is 11.8 Å². The Morgan fingerprint density at radius 1 is 0.375 bits per heavy atom. The van der Waals surface area contributed by atoms with Gasteiger partial charge in [-0.25, -0.2) is 0 Å². The molecule has 2 aliphatic carbocycles. The normalized spacial score (nSPS) is 19.1. The van der Waals surface area contributed by atoms with E-state index in [-0.39, 0.29) is 0 Å². The molecule has 10 radical (unpaired) electrons. The number of carbonyl (C=O) groups is 2. The summed E-state index contributed by atoms with van der Waals surface area (Å²) in [5.41, 5.74) is 4.40. The van der Waals surface area contributed by atoms with Crippen molar-refractivity contribution in [1.82, 2.24) is 0 Å². The molecule has 0 bridgehead atoms. The number of hydrogen-bond acceptors (Lipinski definition) is 2. The van der Waals surface area contributed by atoms with Crippen molar-refractivity contribution in [3.05, 3.63) is 145 Å². The predicted molar refractivity (Wildman–Crippen MR) is 131 cm³/mol. The van der Waals surface area contributed by atoms with Gasteiger partial charge in [0.25, 0.3) is 0 Å². The highest BCUT2D eigenvalue weighted by atomic mass is 16.1. The van der Waals surface area contributed by atoms with Crippen molar-refractivity contribution in [2.24, 2.45) is 0 Å². The van der Waals surface area contributed by atoms with E-state index in [2.05, 4.69) is 60.7 Å². The van der Waals surface area contributed by atoms with Crippen LogP contribution < -0.4 is 0 Å². The minimum atomic E-state index is 0.707. The molecule has 2 aromatic carbocycles. The summed E-state index contributed by atoms with van der Waals surface area (Å²) in [4.78, 5) is 22.0. The molecule has 0 N–H and O–H groups in total. The third-order valence-corrected chi connectivity index (χ3v) is 5.28. The van der Waals surface area contributed by atoms with Crippen LogP contribution in [-0.4, -0.2) is 12.6 Å². The predicted octanol–water partition coefficient (Wildman–Crippen LogP) is 5.83. The molecule has 32 heavy (non-hydrogen) atoms.